The Morgan fingerprint density at radius 3 is 2.81 bits per heavy atom. The molecule has 1 aromatic heterocycles. The van der Waals surface area contributed by atoms with Crippen LogP contribution in [-0.2, 0) is 13.5 Å². The molecule has 5 heteroatoms. The van der Waals surface area contributed by atoms with Gasteiger partial charge < -0.3 is 5.32 Å². The molecule has 0 spiro atoms. The zero-order valence-electron chi connectivity index (χ0n) is 9.82. The highest BCUT2D eigenvalue weighted by Gasteiger charge is 2.15. The van der Waals surface area contributed by atoms with Crippen LogP contribution in [0.25, 0.3) is 0 Å². The van der Waals surface area contributed by atoms with Gasteiger partial charge in [0, 0.05) is 7.05 Å². The smallest absolute Gasteiger partial charge is 0.270 e. The van der Waals surface area contributed by atoms with E-state index < -0.39 is 6.04 Å². The van der Waals surface area contributed by atoms with Gasteiger partial charge in [0.05, 0.1) is 11.8 Å². The van der Waals surface area contributed by atoms with E-state index in [9.17, 15) is 4.79 Å². The molecule has 1 heterocycles. The number of nitrogens with zero attached hydrogens (tertiary/aromatic N) is 3. The van der Waals surface area contributed by atoms with Gasteiger partial charge in [-0.3, -0.25) is 9.48 Å². The van der Waals surface area contributed by atoms with Crippen molar-refractivity contribution in [1.29, 1.82) is 5.26 Å². The predicted molar refractivity (Wildman–Crippen MR) is 59.7 cm³/mol. The number of carbonyl (C=O) groups is 1. The normalized spacial score (nSPS) is 11.9. The van der Waals surface area contributed by atoms with Gasteiger partial charge in [-0.2, -0.15) is 10.4 Å². The fourth-order valence-electron chi connectivity index (χ4n) is 1.37. The van der Waals surface area contributed by atoms with Gasteiger partial charge in [-0.05, 0) is 18.9 Å². The maximum absolute atomic E-state index is 11.8. The number of amides is 1. The zero-order chi connectivity index (χ0) is 12.1. The second-order valence-electron chi connectivity index (χ2n) is 3.56. The monoisotopic (exact) mass is 220 g/mol. The van der Waals surface area contributed by atoms with Gasteiger partial charge in [0.25, 0.3) is 5.91 Å². The van der Waals surface area contributed by atoms with E-state index in [1.54, 1.807) is 13.1 Å². The molecule has 0 aliphatic rings. The Labute approximate surface area is 95.1 Å². The minimum atomic E-state index is -0.438. The van der Waals surface area contributed by atoms with Crippen molar-refractivity contribution in [2.45, 2.75) is 32.7 Å². The average molecular weight is 220 g/mol. The molecule has 0 fully saturated rings. The Hall–Kier alpha value is -1.83. The minimum Gasteiger partial charge on any atom is -0.335 e. The summed E-state index contributed by atoms with van der Waals surface area (Å²) in [5, 5.41) is 15.6. The van der Waals surface area contributed by atoms with E-state index in [0.717, 1.165) is 12.1 Å². The molecule has 0 saturated carbocycles. The molecule has 0 aromatic carbocycles. The highest BCUT2D eigenvalue weighted by molar-refractivity contribution is 5.93. The lowest BCUT2D eigenvalue weighted by atomic mass is 10.2. The Bertz CT molecular complexity index is 416. The minimum absolute atomic E-state index is 0.247. The standard InChI is InChI=1S/C11H16N4O/c1-4-8-6-10(15(3)14-8)11(16)13-9(5-2)7-12/h6,9H,4-5H2,1-3H3,(H,13,16). The molecule has 1 aromatic rings. The van der Waals surface area contributed by atoms with Gasteiger partial charge in [-0.15, -0.1) is 0 Å². The molecule has 1 N–H and O–H groups in total. The van der Waals surface area contributed by atoms with Gasteiger partial charge in [0.15, 0.2) is 0 Å². The molecule has 0 aliphatic carbocycles. The second kappa shape index (κ2) is 5.31. The van der Waals surface area contributed by atoms with Crippen molar-refractivity contribution in [2.75, 3.05) is 0 Å². The molecule has 1 atom stereocenters. The van der Waals surface area contributed by atoms with Crippen molar-refractivity contribution < 1.29 is 4.79 Å². The SMILES string of the molecule is CCc1cc(C(=O)NC(C#N)CC)n(C)n1. The Morgan fingerprint density at radius 2 is 2.38 bits per heavy atom. The van der Waals surface area contributed by atoms with Crippen LogP contribution >= 0.6 is 0 Å². The van der Waals surface area contributed by atoms with Crippen molar-refractivity contribution in [2.24, 2.45) is 7.05 Å². The van der Waals surface area contributed by atoms with Gasteiger partial charge >= 0.3 is 0 Å². The molecule has 86 valence electrons. The number of carbonyl (C=O) groups excluding carboxylic acids is 1. The number of nitriles is 1. The summed E-state index contributed by atoms with van der Waals surface area (Å²) in [6.45, 7) is 3.84. The van der Waals surface area contributed by atoms with Crippen LogP contribution in [0.1, 0.15) is 36.5 Å². The molecular weight excluding hydrogens is 204 g/mol. The molecular formula is C11H16N4O. The highest BCUT2D eigenvalue weighted by Crippen LogP contribution is 2.04. The van der Waals surface area contributed by atoms with Gasteiger partial charge in [0.1, 0.15) is 11.7 Å². The maximum atomic E-state index is 11.8. The molecule has 5 nitrogen and oxygen atoms in total. The van der Waals surface area contributed by atoms with Crippen LogP contribution in [-0.4, -0.2) is 21.7 Å². The van der Waals surface area contributed by atoms with Crippen LogP contribution in [0.4, 0.5) is 0 Å². The van der Waals surface area contributed by atoms with Crippen LogP contribution in [0.3, 0.4) is 0 Å². The Kier molecular flexibility index (Phi) is 4.06. The number of rotatable bonds is 4. The molecule has 1 amide bonds. The van der Waals surface area contributed by atoms with Crippen LogP contribution in [0.5, 0.6) is 0 Å². The molecule has 1 unspecified atom stereocenters. The van der Waals surface area contributed by atoms with Crippen molar-refractivity contribution in [3.8, 4) is 6.07 Å². The summed E-state index contributed by atoms with van der Waals surface area (Å²) < 4.78 is 1.54. The molecule has 0 radical (unpaired) electrons. The molecule has 0 aliphatic heterocycles. The first-order valence-corrected chi connectivity index (χ1v) is 5.35. The maximum Gasteiger partial charge on any atom is 0.270 e. The summed E-state index contributed by atoms with van der Waals surface area (Å²) in [7, 11) is 1.72. The van der Waals surface area contributed by atoms with E-state index in [1.165, 1.54) is 4.68 Å². The predicted octanol–water partition coefficient (Wildman–Crippen LogP) is 1.01. The summed E-state index contributed by atoms with van der Waals surface area (Å²) in [6, 6.07) is 3.34. The second-order valence-corrected chi connectivity index (χ2v) is 3.56. The van der Waals surface area contributed by atoms with E-state index in [0.29, 0.717) is 12.1 Å². The Balaban J connectivity index is 2.80. The lowest BCUT2D eigenvalue weighted by molar-refractivity contribution is 0.0935. The molecule has 0 bridgehead atoms. The van der Waals surface area contributed by atoms with E-state index >= 15 is 0 Å². The van der Waals surface area contributed by atoms with Gasteiger partial charge in [-0.25, -0.2) is 0 Å². The van der Waals surface area contributed by atoms with Crippen molar-refractivity contribution in [3.05, 3.63) is 17.5 Å². The molecule has 0 saturated heterocycles. The third-order valence-electron chi connectivity index (χ3n) is 2.39. The summed E-state index contributed by atoms with van der Waals surface area (Å²) >= 11 is 0. The molecule has 1 rings (SSSR count). The molecule has 16 heavy (non-hydrogen) atoms. The first-order valence-electron chi connectivity index (χ1n) is 5.35. The van der Waals surface area contributed by atoms with Gasteiger partial charge in [-0.1, -0.05) is 13.8 Å². The van der Waals surface area contributed by atoms with Crippen LogP contribution < -0.4 is 5.32 Å². The lowest BCUT2D eigenvalue weighted by Crippen LogP contribution is -2.34. The zero-order valence-corrected chi connectivity index (χ0v) is 9.82. The summed E-state index contributed by atoms with van der Waals surface area (Å²) in [4.78, 5) is 11.8. The average Bonchev–Trinajstić information content (AvgIpc) is 2.67. The van der Waals surface area contributed by atoms with Gasteiger partial charge in [0.2, 0.25) is 0 Å². The third kappa shape index (κ3) is 2.60. The topological polar surface area (TPSA) is 70.7 Å². The fourth-order valence-corrected chi connectivity index (χ4v) is 1.37. The number of hydrogen-bond acceptors (Lipinski definition) is 3. The summed E-state index contributed by atoms with van der Waals surface area (Å²) in [6.07, 6.45) is 1.39. The fraction of sp³-hybridized carbons (Fsp3) is 0.545. The van der Waals surface area contributed by atoms with E-state index in [-0.39, 0.29) is 5.91 Å². The first-order chi connectivity index (χ1) is 7.62. The number of aryl methyl sites for hydroxylation is 2. The van der Waals surface area contributed by atoms with Crippen molar-refractivity contribution in [3.63, 3.8) is 0 Å². The van der Waals surface area contributed by atoms with Crippen molar-refractivity contribution >= 4 is 5.91 Å². The third-order valence-corrected chi connectivity index (χ3v) is 2.39. The number of aromatic nitrogens is 2. The van der Waals surface area contributed by atoms with E-state index in [4.69, 9.17) is 5.26 Å². The lowest BCUT2D eigenvalue weighted by Gasteiger charge is -2.08. The number of hydrogen-bond donors (Lipinski definition) is 1. The largest absolute Gasteiger partial charge is 0.335 e. The summed E-state index contributed by atoms with van der Waals surface area (Å²) in [5.74, 6) is -0.247. The van der Waals surface area contributed by atoms with Crippen molar-refractivity contribution in [1.82, 2.24) is 15.1 Å². The van der Waals surface area contributed by atoms with Crippen LogP contribution in [0, 0.1) is 11.3 Å². The van der Waals surface area contributed by atoms with Crippen LogP contribution in [0.2, 0.25) is 0 Å². The van der Waals surface area contributed by atoms with E-state index in [2.05, 4.69) is 10.4 Å². The van der Waals surface area contributed by atoms with Crippen LogP contribution in [0.15, 0.2) is 6.07 Å². The first kappa shape index (κ1) is 12.2. The quantitative estimate of drug-likeness (QED) is 0.823. The van der Waals surface area contributed by atoms with E-state index in [1.807, 2.05) is 19.9 Å². The Morgan fingerprint density at radius 1 is 1.69 bits per heavy atom. The number of nitrogens with one attached hydrogen (secondary N) is 1. The summed E-state index contributed by atoms with van der Waals surface area (Å²) in [5.41, 5.74) is 1.36. The highest BCUT2D eigenvalue weighted by atomic mass is 16.2.